The van der Waals surface area contributed by atoms with Crippen LogP contribution >= 0.6 is 0 Å². The molecule has 0 bridgehead atoms. The van der Waals surface area contributed by atoms with Gasteiger partial charge in [-0.1, -0.05) is 18.2 Å². The van der Waals surface area contributed by atoms with E-state index in [0.29, 0.717) is 25.3 Å². The van der Waals surface area contributed by atoms with Crippen molar-refractivity contribution in [1.29, 1.82) is 0 Å². The Balaban J connectivity index is 1.97. The summed E-state index contributed by atoms with van der Waals surface area (Å²) in [4.78, 5) is 16.0. The van der Waals surface area contributed by atoms with Crippen molar-refractivity contribution in [2.24, 2.45) is 5.73 Å². The summed E-state index contributed by atoms with van der Waals surface area (Å²) in [6.07, 6.45) is 3.29. The summed E-state index contributed by atoms with van der Waals surface area (Å²) < 4.78 is 7.02. The molecule has 0 saturated carbocycles. The maximum Gasteiger partial charge on any atom is 0.271 e. The molecule has 20 heavy (non-hydrogen) atoms. The van der Waals surface area contributed by atoms with Crippen molar-refractivity contribution in [1.82, 2.24) is 14.9 Å². The van der Waals surface area contributed by atoms with Gasteiger partial charge in [-0.15, -0.1) is 0 Å². The zero-order valence-electron chi connectivity index (χ0n) is 11.4. The van der Waals surface area contributed by atoms with Gasteiger partial charge in [0.2, 0.25) is 0 Å². The number of ether oxygens (including phenoxy) is 1. The maximum atomic E-state index is 12.0. The van der Waals surface area contributed by atoms with Crippen molar-refractivity contribution in [2.75, 3.05) is 13.7 Å². The molecular formula is C14H18N4O2. The van der Waals surface area contributed by atoms with E-state index in [2.05, 4.69) is 10.3 Å². The van der Waals surface area contributed by atoms with Crippen molar-refractivity contribution < 1.29 is 9.53 Å². The Morgan fingerprint density at radius 3 is 3.00 bits per heavy atom. The molecule has 0 aliphatic rings. The van der Waals surface area contributed by atoms with Crippen LogP contribution in [0.5, 0.6) is 5.75 Å². The molecule has 2 rings (SSSR count). The van der Waals surface area contributed by atoms with Crippen molar-refractivity contribution in [3.05, 3.63) is 48.0 Å². The first-order chi connectivity index (χ1) is 9.74. The van der Waals surface area contributed by atoms with Gasteiger partial charge in [-0.2, -0.15) is 0 Å². The zero-order chi connectivity index (χ0) is 14.4. The molecule has 0 aliphatic heterocycles. The molecule has 1 aromatic heterocycles. The number of benzene rings is 1. The number of nitrogens with two attached hydrogens (primary N) is 1. The van der Waals surface area contributed by atoms with E-state index in [1.807, 2.05) is 24.3 Å². The molecule has 0 unspecified atom stereocenters. The van der Waals surface area contributed by atoms with Crippen LogP contribution in [0.4, 0.5) is 0 Å². The van der Waals surface area contributed by atoms with E-state index >= 15 is 0 Å². The molecule has 0 aliphatic carbocycles. The van der Waals surface area contributed by atoms with Crippen LogP contribution in [0.1, 0.15) is 16.1 Å². The summed E-state index contributed by atoms with van der Waals surface area (Å²) in [5.74, 6) is 0.535. The van der Waals surface area contributed by atoms with Gasteiger partial charge in [0, 0.05) is 31.4 Å². The second-order valence-corrected chi connectivity index (χ2v) is 4.28. The van der Waals surface area contributed by atoms with Gasteiger partial charge in [0.1, 0.15) is 11.4 Å². The van der Waals surface area contributed by atoms with Gasteiger partial charge in [0.25, 0.3) is 5.91 Å². The minimum atomic E-state index is -0.216. The number of imidazole rings is 1. The molecule has 0 spiro atoms. The number of aromatic nitrogens is 2. The monoisotopic (exact) mass is 274 g/mol. The Morgan fingerprint density at radius 1 is 1.45 bits per heavy atom. The molecular weight excluding hydrogens is 256 g/mol. The summed E-state index contributed by atoms with van der Waals surface area (Å²) in [6.45, 7) is 1.55. The highest BCUT2D eigenvalue weighted by Gasteiger charge is 2.10. The van der Waals surface area contributed by atoms with E-state index in [4.69, 9.17) is 10.5 Å². The average molecular weight is 274 g/mol. The molecule has 6 nitrogen and oxygen atoms in total. The topological polar surface area (TPSA) is 82.2 Å². The van der Waals surface area contributed by atoms with Crippen molar-refractivity contribution in [3.63, 3.8) is 0 Å². The molecule has 0 saturated heterocycles. The number of rotatable bonds is 6. The first kappa shape index (κ1) is 14.1. The minimum Gasteiger partial charge on any atom is -0.496 e. The Hall–Kier alpha value is -2.34. The standard InChI is InChI=1S/C14H18N4O2/c1-20-13-5-3-2-4-11(13)8-16-14(19)12-9-18(7-6-15)10-17-12/h2-5,9-10H,6-8,15H2,1H3,(H,16,19). The van der Waals surface area contributed by atoms with E-state index < -0.39 is 0 Å². The lowest BCUT2D eigenvalue weighted by Gasteiger charge is -2.08. The molecule has 1 amide bonds. The van der Waals surface area contributed by atoms with Gasteiger partial charge < -0.3 is 20.4 Å². The highest BCUT2D eigenvalue weighted by atomic mass is 16.5. The molecule has 0 radical (unpaired) electrons. The highest BCUT2D eigenvalue weighted by Crippen LogP contribution is 2.16. The summed E-state index contributed by atoms with van der Waals surface area (Å²) in [6, 6.07) is 7.56. The van der Waals surface area contributed by atoms with Gasteiger partial charge >= 0.3 is 0 Å². The van der Waals surface area contributed by atoms with Crippen molar-refractivity contribution in [3.8, 4) is 5.75 Å². The Bertz CT molecular complexity index is 580. The summed E-state index contributed by atoms with van der Waals surface area (Å²) >= 11 is 0. The number of methoxy groups -OCH3 is 1. The number of hydrogen-bond acceptors (Lipinski definition) is 4. The third-order valence-electron chi connectivity index (χ3n) is 2.89. The van der Waals surface area contributed by atoms with Crippen molar-refractivity contribution >= 4 is 5.91 Å². The molecule has 106 valence electrons. The molecule has 1 aromatic carbocycles. The first-order valence-corrected chi connectivity index (χ1v) is 6.36. The predicted octanol–water partition coefficient (Wildman–Crippen LogP) is 0.780. The lowest BCUT2D eigenvalue weighted by molar-refractivity contribution is 0.0946. The minimum absolute atomic E-state index is 0.216. The van der Waals surface area contributed by atoms with Gasteiger partial charge in [-0.05, 0) is 6.07 Å². The SMILES string of the molecule is COc1ccccc1CNC(=O)c1cn(CCN)cn1. The lowest BCUT2D eigenvalue weighted by Crippen LogP contribution is -2.23. The van der Waals surface area contributed by atoms with Crippen LogP contribution in [0.2, 0.25) is 0 Å². The summed E-state index contributed by atoms with van der Waals surface area (Å²) in [7, 11) is 1.61. The van der Waals surface area contributed by atoms with Crippen LogP contribution in [-0.4, -0.2) is 29.1 Å². The van der Waals surface area contributed by atoms with Gasteiger partial charge in [-0.3, -0.25) is 4.79 Å². The van der Waals surface area contributed by atoms with Crippen LogP contribution in [-0.2, 0) is 13.1 Å². The van der Waals surface area contributed by atoms with Crippen LogP contribution in [0.3, 0.4) is 0 Å². The third-order valence-corrected chi connectivity index (χ3v) is 2.89. The number of para-hydroxylation sites is 1. The second-order valence-electron chi connectivity index (χ2n) is 4.28. The number of hydrogen-bond donors (Lipinski definition) is 2. The fourth-order valence-corrected chi connectivity index (χ4v) is 1.86. The van der Waals surface area contributed by atoms with Gasteiger partial charge in [0.15, 0.2) is 0 Å². The molecule has 3 N–H and O–H groups in total. The number of carbonyl (C=O) groups excluding carboxylic acids is 1. The molecule has 0 atom stereocenters. The Morgan fingerprint density at radius 2 is 2.25 bits per heavy atom. The van der Waals surface area contributed by atoms with E-state index in [1.165, 1.54) is 0 Å². The number of nitrogens with zero attached hydrogens (tertiary/aromatic N) is 2. The molecule has 1 heterocycles. The normalized spacial score (nSPS) is 10.3. The van der Waals surface area contributed by atoms with Crippen LogP contribution in [0, 0.1) is 0 Å². The van der Waals surface area contributed by atoms with Gasteiger partial charge in [0.05, 0.1) is 13.4 Å². The van der Waals surface area contributed by atoms with Crippen LogP contribution < -0.4 is 15.8 Å². The molecule has 0 fully saturated rings. The lowest BCUT2D eigenvalue weighted by atomic mass is 10.2. The van der Waals surface area contributed by atoms with Gasteiger partial charge in [-0.25, -0.2) is 4.98 Å². The predicted molar refractivity (Wildman–Crippen MR) is 75.4 cm³/mol. The number of carbonyl (C=O) groups is 1. The summed E-state index contributed by atoms with van der Waals surface area (Å²) in [5.41, 5.74) is 6.75. The van der Waals surface area contributed by atoms with Crippen LogP contribution in [0.25, 0.3) is 0 Å². The average Bonchev–Trinajstić information content (AvgIpc) is 2.94. The fraction of sp³-hybridized carbons (Fsp3) is 0.286. The quantitative estimate of drug-likeness (QED) is 0.815. The zero-order valence-corrected chi connectivity index (χ0v) is 11.4. The van der Waals surface area contributed by atoms with Crippen LogP contribution in [0.15, 0.2) is 36.8 Å². The second kappa shape index (κ2) is 6.72. The third kappa shape index (κ3) is 3.36. The smallest absolute Gasteiger partial charge is 0.271 e. The Kier molecular flexibility index (Phi) is 4.73. The molecule has 6 heteroatoms. The Labute approximate surface area is 117 Å². The van der Waals surface area contributed by atoms with E-state index in [0.717, 1.165) is 11.3 Å². The van der Waals surface area contributed by atoms with E-state index in [1.54, 1.807) is 24.2 Å². The summed E-state index contributed by atoms with van der Waals surface area (Å²) in [5, 5.41) is 2.82. The highest BCUT2D eigenvalue weighted by molar-refractivity contribution is 5.92. The molecule has 2 aromatic rings. The number of amides is 1. The maximum absolute atomic E-state index is 12.0. The number of nitrogens with one attached hydrogen (secondary N) is 1. The van der Waals surface area contributed by atoms with E-state index in [-0.39, 0.29) is 5.91 Å². The van der Waals surface area contributed by atoms with E-state index in [9.17, 15) is 4.79 Å². The largest absolute Gasteiger partial charge is 0.496 e. The van der Waals surface area contributed by atoms with Crippen molar-refractivity contribution in [2.45, 2.75) is 13.1 Å². The first-order valence-electron chi connectivity index (χ1n) is 6.36. The fourth-order valence-electron chi connectivity index (χ4n) is 1.86.